The zero-order chi connectivity index (χ0) is 45.4. The molecule has 0 aliphatic heterocycles. The Kier molecular flexibility index (Phi) is 11.7. The summed E-state index contributed by atoms with van der Waals surface area (Å²) in [6.07, 6.45) is 3.92. The molecule has 0 saturated heterocycles. The third-order valence-corrected chi connectivity index (χ3v) is 16.0. The predicted molar refractivity (Wildman–Crippen MR) is 237 cm³/mol. The summed E-state index contributed by atoms with van der Waals surface area (Å²) < 4.78 is 136. The Morgan fingerprint density at radius 3 is 1.86 bits per heavy atom. The van der Waals surface area contributed by atoms with E-state index in [1.165, 1.54) is 48.8 Å². The molecule has 2 atom stereocenters. The van der Waals surface area contributed by atoms with Crippen molar-refractivity contribution in [3.05, 3.63) is 113 Å². The van der Waals surface area contributed by atoms with E-state index in [0.717, 1.165) is 6.07 Å². The first-order valence-corrected chi connectivity index (χ1v) is 24.2. The zero-order valence-corrected chi connectivity index (χ0v) is 37.8. The van der Waals surface area contributed by atoms with Gasteiger partial charge in [0.05, 0.1) is 21.1 Å². The van der Waals surface area contributed by atoms with Crippen LogP contribution in [0.3, 0.4) is 0 Å². The van der Waals surface area contributed by atoms with Gasteiger partial charge in [-0.3, -0.25) is 4.98 Å². The van der Waals surface area contributed by atoms with Crippen LogP contribution in [0.5, 0.6) is 0 Å². The van der Waals surface area contributed by atoms with Gasteiger partial charge in [-0.2, -0.15) is 13.2 Å². The average molecular weight is 931 g/mol. The molecule has 2 fully saturated rings. The fourth-order valence-electron chi connectivity index (χ4n) is 8.80. The molecule has 0 amide bonds. The van der Waals surface area contributed by atoms with Crippen molar-refractivity contribution in [3.8, 4) is 22.3 Å². The van der Waals surface area contributed by atoms with Gasteiger partial charge in [-0.25, -0.2) is 35.1 Å². The molecule has 2 saturated carbocycles. The lowest BCUT2D eigenvalue weighted by atomic mass is 9.87. The molecule has 2 aliphatic rings. The molecule has 3 heterocycles. The van der Waals surface area contributed by atoms with E-state index < -0.39 is 59.3 Å². The van der Waals surface area contributed by atoms with Gasteiger partial charge in [0.15, 0.2) is 0 Å². The van der Waals surface area contributed by atoms with Gasteiger partial charge in [0.2, 0.25) is 20.0 Å². The van der Waals surface area contributed by atoms with Gasteiger partial charge in [0, 0.05) is 89.5 Å². The minimum Gasteiger partial charge on any atom is -0.347 e. The average Bonchev–Trinajstić information content (AvgIpc) is 4.12. The molecule has 0 spiro atoms. The van der Waals surface area contributed by atoms with E-state index in [1.54, 1.807) is 18.3 Å². The third-order valence-electron chi connectivity index (χ3n) is 11.9. The Morgan fingerprint density at radius 1 is 0.746 bits per heavy atom. The fourth-order valence-corrected chi connectivity index (χ4v) is 12.0. The standard InChI is InChI=1S/C46H49ClF5N5O4S2/c1-44(2,3)25-56-23-29(33-15-39(48)35(17-41(33)56)31-8-6-7-9-37(31)46(50,51)52)21-55-63(60,61)43-14-27(43)19-45(4,5)26-57-24-28(20-54-62(58,59)30-10-11-30)34-16-40(49)36(18-42(34)57)32-12-13-53-22-38(32)47/h6-9,12-13,15-18,22-24,27,30,43,54-55H,10-11,14,19-21,25-26H2,1-5H3. The van der Waals surface area contributed by atoms with E-state index in [0.29, 0.717) is 77.3 Å². The van der Waals surface area contributed by atoms with Crippen LogP contribution < -0.4 is 9.44 Å². The molecular weight excluding hydrogens is 881 g/mol. The van der Waals surface area contributed by atoms with E-state index >= 15 is 8.78 Å². The molecule has 9 nitrogen and oxygen atoms in total. The van der Waals surface area contributed by atoms with E-state index in [2.05, 4.69) is 14.4 Å². The molecule has 2 aliphatic carbocycles. The second-order valence-electron chi connectivity index (χ2n) is 19.1. The number of halogens is 6. The van der Waals surface area contributed by atoms with Gasteiger partial charge >= 0.3 is 6.18 Å². The van der Waals surface area contributed by atoms with Crippen LogP contribution in [0, 0.1) is 28.4 Å². The predicted octanol–water partition coefficient (Wildman–Crippen LogP) is 10.8. The molecule has 336 valence electrons. The Hall–Kier alpha value is -4.35. The Labute approximate surface area is 369 Å². The van der Waals surface area contributed by atoms with Crippen molar-refractivity contribution >= 4 is 53.5 Å². The number of benzene rings is 3. The van der Waals surface area contributed by atoms with Crippen LogP contribution in [0.1, 0.15) is 77.0 Å². The summed E-state index contributed by atoms with van der Waals surface area (Å²) in [5, 5.41) is 0.0870. The second-order valence-corrected chi connectivity index (χ2v) is 23.5. The first-order valence-electron chi connectivity index (χ1n) is 20.8. The summed E-state index contributed by atoms with van der Waals surface area (Å²) in [6, 6.07) is 12.1. The van der Waals surface area contributed by atoms with Crippen molar-refractivity contribution in [1.82, 2.24) is 23.6 Å². The number of rotatable bonds is 15. The summed E-state index contributed by atoms with van der Waals surface area (Å²) >= 11 is 6.43. The fraction of sp³-hybridized carbons (Fsp3) is 0.413. The van der Waals surface area contributed by atoms with E-state index in [9.17, 15) is 30.0 Å². The lowest BCUT2D eigenvalue weighted by molar-refractivity contribution is -0.137. The van der Waals surface area contributed by atoms with Crippen molar-refractivity contribution in [2.24, 2.45) is 16.7 Å². The van der Waals surface area contributed by atoms with E-state index in [-0.39, 0.29) is 46.1 Å². The molecule has 3 aromatic carbocycles. The van der Waals surface area contributed by atoms with Gasteiger partial charge in [0.25, 0.3) is 0 Å². The number of fused-ring (bicyclic) bond motifs is 2. The lowest BCUT2D eigenvalue weighted by Gasteiger charge is -2.26. The number of aromatic nitrogens is 3. The maximum atomic E-state index is 15.8. The van der Waals surface area contributed by atoms with Crippen molar-refractivity contribution in [2.45, 2.75) is 103 Å². The first kappa shape index (κ1) is 45.2. The summed E-state index contributed by atoms with van der Waals surface area (Å²) in [5.74, 6) is -1.58. The molecule has 17 heteroatoms. The summed E-state index contributed by atoms with van der Waals surface area (Å²) in [6.45, 7) is 10.7. The maximum absolute atomic E-state index is 15.8. The number of nitrogens with one attached hydrogen (secondary N) is 2. The maximum Gasteiger partial charge on any atom is 0.417 e. The Bertz CT molecular complexity index is 2970. The number of pyridine rings is 1. The summed E-state index contributed by atoms with van der Waals surface area (Å²) in [5.41, 5.74) is 0.747. The topological polar surface area (TPSA) is 115 Å². The summed E-state index contributed by atoms with van der Waals surface area (Å²) in [4.78, 5) is 4.02. The highest BCUT2D eigenvalue weighted by molar-refractivity contribution is 7.90. The van der Waals surface area contributed by atoms with Crippen LogP contribution in [0.25, 0.3) is 44.1 Å². The SMILES string of the molecule is CC(C)(C)Cn1cc(CNS(=O)(=O)C2CC2CC(C)(C)Cn2cc(CNS(=O)(=O)C3CC3)c3cc(F)c(-c4ccncc4Cl)cc32)c2cc(F)c(-c3ccccc3C(F)(F)F)cc21. The molecule has 63 heavy (non-hydrogen) atoms. The minimum atomic E-state index is -4.70. The van der Waals surface area contributed by atoms with Crippen LogP contribution in [-0.4, -0.2) is 41.5 Å². The van der Waals surface area contributed by atoms with Crippen LogP contribution in [0.15, 0.2) is 79.4 Å². The molecule has 3 aromatic heterocycles. The second kappa shape index (κ2) is 16.3. The highest BCUT2D eigenvalue weighted by Crippen LogP contribution is 2.46. The number of hydrogen-bond donors (Lipinski definition) is 2. The Balaban J connectivity index is 1.02. The zero-order valence-electron chi connectivity index (χ0n) is 35.5. The monoisotopic (exact) mass is 929 g/mol. The quantitative estimate of drug-likeness (QED) is 0.0996. The molecule has 0 radical (unpaired) electrons. The normalized spacial score (nSPS) is 17.6. The van der Waals surface area contributed by atoms with Crippen LogP contribution in [0.2, 0.25) is 5.02 Å². The highest BCUT2D eigenvalue weighted by Gasteiger charge is 2.49. The molecule has 0 bridgehead atoms. The molecule has 2 N–H and O–H groups in total. The van der Waals surface area contributed by atoms with Gasteiger partial charge in [0.1, 0.15) is 11.6 Å². The molecular formula is C46H49ClF5N5O4S2. The first-order chi connectivity index (χ1) is 29.4. The van der Waals surface area contributed by atoms with Gasteiger partial charge < -0.3 is 9.13 Å². The van der Waals surface area contributed by atoms with E-state index in [1.807, 2.05) is 49.9 Å². The van der Waals surface area contributed by atoms with Crippen molar-refractivity contribution in [3.63, 3.8) is 0 Å². The molecule has 6 aromatic rings. The van der Waals surface area contributed by atoms with Crippen LogP contribution in [-0.2, 0) is 52.4 Å². The number of nitrogens with zero attached hydrogens (tertiary/aromatic N) is 3. The lowest BCUT2D eigenvalue weighted by Crippen LogP contribution is -2.29. The van der Waals surface area contributed by atoms with Gasteiger partial charge in [-0.1, -0.05) is 64.4 Å². The third kappa shape index (κ3) is 9.70. The largest absolute Gasteiger partial charge is 0.417 e. The number of hydrogen-bond acceptors (Lipinski definition) is 5. The molecule has 2 unspecified atom stereocenters. The van der Waals surface area contributed by atoms with Gasteiger partial charge in [-0.15, -0.1) is 0 Å². The van der Waals surface area contributed by atoms with Crippen LogP contribution >= 0.6 is 11.6 Å². The number of alkyl halides is 3. The minimum absolute atomic E-state index is 0.0269. The summed E-state index contributed by atoms with van der Waals surface area (Å²) in [7, 11) is -7.39. The highest BCUT2D eigenvalue weighted by atomic mass is 35.5. The van der Waals surface area contributed by atoms with Crippen molar-refractivity contribution in [2.75, 3.05) is 0 Å². The Morgan fingerprint density at radius 2 is 1.30 bits per heavy atom. The van der Waals surface area contributed by atoms with Crippen molar-refractivity contribution < 1.29 is 38.8 Å². The molecule has 8 rings (SSSR count). The van der Waals surface area contributed by atoms with Crippen molar-refractivity contribution in [1.29, 1.82) is 0 Å². The smallest absolute Gasteiger partial charge is 0.347 e. The van der Waals surface area contributed by atoms with Crippen LogP contribution in [0.4, 0.5) is 22.0 Å². The van der Waals surface area contributed by atoms with E-state index in [4.69, 9.17) is 11.6 Å². The number of sulfonamides is 2. The van der Waals surface area contributed by atoms with Gasteiger partial charge in [-0.05, 0) is 95.5 Å².